The quantitative estimate of drug-likeness (QED) is 0.234. The van der Waals surface area contributed by atoms with Crippen LogP contribution in [0.2, 0.25) is 0 Å². The fourth-order valence-electron chi connectivity index (χ4n) is 5.26. The van der Waals surface area contributed by atoms with Crippen molar-refractivity contribution < 1.29 is 9.47 Å². The molecule has 3 aromatic carbocycles. The Balaban J connectivity index is 1.42. The molecule has 8 heteroatoms. The minimum Gasteiger partial charge on any atom is -0.351 e. The maximum absolute atomic E-state index is 5.80. The van der Waals surface area contributed by atoms with Gasteiger partial charge in [0.1, 0.15) is 0 Å². The number of ether oxygens (including phenoxy) is 2. The first kappa shape index (κ1) is 26.6. The van der Waals surface area contributed by atoms with Gasteiger partial charge in [0.25, 0.3) is 0 Å². The van der Waals surface area contributed by atoms with Gasteiger partial charge in [-0.2, -0.15) is 0 Å². The Bertz CT molecular complexity index is 1350. The van der Waals surface area contributed by atoms with Gasteiger partial charge in [0.05, 0.1) is 12.4 Å². The Labute approximate surface area is 230 Å². The molecule has 0 saturated heterocycles. The molecule has 1 aromatic heterocycles. The molecule has 4 aromatic rings. The van der Waals surface area contributed by atoms with Gasteiger partial charge in [-0.25, -0.2) is 5.10 Å². The largest absolute Gasteiger partial charge is 0.351 e. The van der Waals surface area contributed by atoms with Crippen molar-refractivity contribution in [3.05, 3.63) is 101 Å². The Kier molecular flexibility index (Phi) is 8.65. The second-order valence-electron chi connectivity index (χ2n) is 9.75. The number of benzene rings is 3. The lowest BCUT2D eigenvalue weighted by atomic mass is 9.98. The highest BCUT2D eigenvalue weighted by Crippen LogP contribution is 2.35. The van der Waals surface area contributed by atoms with E-state index in [2.05, 4.69) is 98.0 Å². The Hall–Kier alpha value is -4.01. The first-order chi connectivity index (χ1) is 19.2. The number of aromatic nitrogens is 4. The number of allylic oxidation sites excluding steroid dienone is 1. The van der Waals surface area contributed by atoms with Crippen LogP contribution in [0.15, 0.2) is 90.3 Å². The molecule has 1 aliphatic heterocycles. The van der Waals surface area contributed by atoms with Crippen molar-refractivity contribution in [1.82, 2.24) is 30.4 Å². The third kappa shape index (κ3) is 6.02. The third-order valence-electron chi connectivity index (χ3n) is 7.16. The number of hydrogen-bond donors (Lipinski definition) is 1. The monoisotopic (exact) mass is 524 g/mol. The van der Waals surface area contributed by atoms with Crippen molar-refractivity contribution >= 4 is 0 Å². The molecule has 0 bridgehead atoms. The van der Waals surface area contributed by atoms with Crippen LogP contribution in [0.3, 0.4) is 0 Å². The van der Waals surface area contributed by atoms with Gasteiger partial charge in [0, 0.05) is 38.6 Å². The highest BCUT2D eigenvalue weighted by atomic mass is 16.7. The fraction of sp³-hybridized carbons (Fsp3) is 0.323. The highest BCUT2D eigenvalue weighted by molar-refractivity contribution is 5.80. The topological polar surface area (TPSA) is 79.4 Å². The number of nitrogens with one attached hydrogen (secondary N) is 1. The summed E-state index contributed by atoms with van der Waals surface area (Å²) in [7, 11) is 3.43. The van der Waals surface area contributed by atoms with E-state index in [1.165, 1.54) is 16.8 Å². The minimum atomic E-state index is -0.407. The van der Waals surface area contributed by atoms with E-state index in [9.17, 15) is 0 Å². The molecular weight excluding hydrogens is 488 g/mol. The van der Waals surface area contributed by atoms with Crippen molar-refractivity contribution in [2.24, 2.45) is 0 Å². The molecular formula is C31H36N6O2. The molecule has 0 radical (unpaired) electrons. The fourth-order valence-corrected chi connectivity index (χ4v) is 5.26. The predicted octanol–water partition coefficient (Wildman–Crippen LogP) is 5.83. The van der Waals surface area contributed by atoms with Gasteiger partial charge in [-0.3, -0.25) is 0 Å². The van der Waals surface area contributed by atoms with Gasteiger partial charge in [-0.15, -0.1) is 5.10 Å². The summed E-state index contributed by atoms with van der Waals surface area (Å²) < 4.78 is 11.6. The van der Waals surface area contributed by atoms with Gasteiger partial charge < -0.3 is 19.3 Å². The number of unbranched alkanes of at least 4 members (excludes halogenated alkanes) is 1. The lowest BCUT2D eigenvalue weighted by Gasteiger charge is -2.27. The van der Waals surface area contributed by atoms with Crippen LogP contribution in [-0.4, -0.2) is 57.6 Å². The maximum Gasteiger partial charge on any atom is 0.200 e. The summed E-state index contributed by atoms with van der Waals surface area (Å²) in [6.45, 7) is 4.63. The van der Waals surface area contributed by atoms with E-state index in [4.69, 9.17) is 9.47 Å². The molecule has 0 spiro atoms. The summed E-state index contributed by atoms with van der Waals surface area (Å²) >= 11 is 0. The molecule has 0 atom stereocenters. The zero-order valence-corrected chi connectivity index (χ0v) is 22.9. The number of aromatic amines is 1. The summed E-state index contributed by atoms with van der Waals surface area (Å²) in [6, 6.07) is 27.5. The van der Waals surface area contributed by atoms with Gasteiger partial charge in [0.2, 0.25) is 0 Å². The van der Waals surface area contributed by atoms with E-state index >= 15 is 0 Å². The van der Waals surface area contributed by atoms with Crippen molar-refractivity contribution in [2.45, 2.75) is 45.6 Å². The van der Waals surface area contributed by atoms with Crippen LogP contribution in [0.1, 0.15) is 37.3 Å². The predicted molar refractivity (Wildman–Crippen MR) is 152 cm³/mol. The molecule has 5 rings (SSSR count). The van der Waals surface area contributed by atoms with E-state index in [-0.39, 0.29) is 0 Å². The van der Waals surface area contributed by atoms with Gasteiger partial charge in [-0.05, 0) is 45.5 Å². The van der Waals surface area contributed by atoms with Crippen LogP contribution in [0.25, 0.3) is 22.5 Å². The van der Waals surface area contributed by atoms with Gasteiger partial charge in [-0.1, -0.05) is 92.2 Å². The molecule has 0 fully saturated rings. The summed E-state index contributed by atoms with van der Waals surface area (Å²) in [5.74, 6) is 0.661. The number of rotatable bonds is 12. The SMILES string of the molecule is CCCCC1=C(C(OC)OC)N(Cc2ccccc2)CN1Cc1ccc(-c2ccccc2-c2nnn[nH]2)cc1. The molecule has 8 nitrogen and oxygen atoms in total. The lowest BCUT2D eigenvalue weighted by molar-refractivity contribution is -0.0891. The number of methoxy groups -OCH3 is 2. The molecule has 202 valence electrons. The Morgan fingerprint density at radius 2 is 1.49 bits per heavy atom. The molecule has 0 unspecified atom stereocenters. The molecule has 0 amide bonds. The van der Waals surface area contributed by atoms with Crippen molar-refractivity contribution in [1.29, 1.82) is 0 Å². The van der Waals surface area contributed by atoms with E-state index in [0.717, 1.165) is 61.4 Å². The summed E-state index contributed by atoms with van der Waals surface area (Å²) in [4.78, 5) is 4.87. The first-order valence-electron chi connectivity index (χ1n) is 13.5. The minimum absolute atomic E-state index is 0.407. The molecule has 1 aliphatic rings. The van der Waals surface area contributed by atoms with Crippen LogP contribution in [0, 0.1) is 0 Å². The van der Waals surface area contributed by atoms with Gasteiger partial charge in [0.15, 0.2) is 12.1 Å². The normalized spacial score (nSPS) is 13.6. The number of H-pyrrole nitrogens is 1. The Morgan fingerprint density at radius 3 is 2.15 bits per heavy atom. The average Bonchev–Trinajstić information content (AvgIpc) is 3.63. The molecule has 0 saturated carbocycles. The molecule has 39 heavy (non-hydrogen) atoms. The highest BCUT2D eigenvalue weighted by Gasteiger charge is 2.33. The number of nitrogens with zero attached hydrogens (tertiary/aromatic N) is 5. The van der Waals surface area contributed by atoms with E-state index in [1.807, 2.05) is 18.2 Å². The van der Waals surface area contributed by atoms with Crippen LogP contribution >= 0.6 is 0 Å². The molecule has 1 N–H and O–H groups in total. The van der Waals surface area contributed by atoms with Crippen LogP contribution in [0.5, 0.6) is 0 Å². The maximum atomic E-state index is 5.80. The van der Waals surface area contributed by atoms with Crippen molar-refractivity contribution in [3.63, 3.8) is 0 Å². The van der Waals surface area contributed by atoms with Crippen molar-refractivity contribution in [2.75, 3.05) is 20.9 Å². The second kappa shape index (κ2) is 12.7. The first-order valence-corrected chi connectivity index (χ1v) is 13.5. The Morgan fingerprint density at radius 1 is 0.821 bits per heavy atom. The average molecular weight is 525 g/mol. The van der Waals surface area contributed by atoms with Crippen LogP contribution < -0.4 is 0 Å². The van der Waals surface area contributed by atoms with Gasteiger partial charge >= 0.3 is 0 Å². The molecule has 2 heterocycles. The van der Waals surface area contributed by atoms with E-state index < -0.39 is 6.29 Å². The van der Waals surface area contributed by atoms with E-state index in [0.29, 0.717) is 5.82 Å². The van der Waals surface area contributed by atoms with Crippen molar-refractivity contribution in [3.8, 4) is 22.5 Å². The number of tetrazole rings is 1. The zero-order chi connectivity index (χ0) is 27.0. The second-order valence-corrected chi connectivity index (χ2v) is 9.75. The summed E-state index contributed by atoms with van der Waals surface area (Å²) in [5.41, 5.74) is 8.13. The van der Waals surface area contributed by atoms with E-state index in [1.54, 1.807) is 14.2 Å². The summed E-state index contributed by atoms with van der Waals surface area (Å²) in [6.07, 6.45) is 2.82. The lowest BCUT2D eigenvalue weighted by Crippen LogP contribution is -2.31. The summed E-state index contributed by atoms with van der Waals surface area (Å²) in [5, 5.41) is 14.5. The molecule has 0 aliphatic carbocycles. The zero-order valence-electron chi connectivity index (χ0n) is 22.9. The standard InChI is InChI=1S/C31H36N6O2/c1-4-5-15-28-29(31(38-2)39-3)37(21-23-11-7-6-8-12-23)22-36(28)20-24-16-18-25(19-17-24)26-13-9-10-14-27(26)30-32-34-35-33-30/h6-14,16-19,31H,4-5,15,20-22H2,1-3H3,(H,32,33,34,35). The van der Waals surface area contributed by atoms with Crippen LogP contribution in [-0.2, 0) is 22.6 Å². The smallest absolute Gasteiger partial charge is 0.200 e. The third-order valence-corrected chi connectivity index (χ3v) is 7.16. The van der Waals surface area contributed by atoms with Crippen LogP contribution in [0.4, 0.5) is 0 Å². The number of hydrogen-bond acceptors (Lipinski definition) is 7.